The molecule has 0 aromatic heterocycles. The molecule has 26 N–H and O–H groups in total. The second-order valence-electron chi connectivity index (χ2n) is 21.7. The van der Waals surface area contributed by atoms with E-state index >= 15 is 0 Å². The summed E-state index contributed by atoms with van der Waals surface area (Å²) in [6, 6.07) is -16.7. The summed E-state index contributed by atoms with van der Waals surface area (Å²) in [4.78, 5) is 211. The number of aliphatic imine (C=N–C) groups is 1. The Balaban J connectivity index is 6.89. The highest BCUT2D eigenvalue weighted by Crippen LogP contribution is 2.11. The van der Waals surface area contributed by atoms with Crippen molar-refractivity contribution in [3.05, 3.63) is 0 Å². The molecule has 0 aromatic rings. The van der Waals surface area contributed by atoms with Crippen LogP contribution in [0.1, 0.15) is 126 Å². The molecule has 0 rings (SSSR count). The van der Waals surface area contributed by atoms with E-state index in [9.17, 15) is 81.8 Å². The van der Waals surface area contributed by atoms with Crippen LogP contribution in [0.5, 0.6) is 0 Å². The van der Waals surface area contributed by atoms with Gasteiger partial charge in [-0.05, 0) is 83.1 Å². The zero-order chi connectivity index (χ0) is 67.7. The highest BCUT2D eigenvalue weighted by molar-refractivity contribution is 6.00. The van der Waals surface area contributed by atoms with E-state index in [1.54, 1.807) is 27.7 Å². The molecule has 0 aromatic carbocycles. The van der Waals surface area contributed by atoms with Crippen LogP contribution < -0.4 is 98.6 Å². The molecule has 0 heterocycles. The van der Waals surface area contributed by atoms with Crippen molar-refractivity contribution in [1.29, 1.82) is 0 Å². The Hall–Kier alpha value is -9.25. The zero-order valence-corrected chi connectivity index (χ0v) is 50.8. The van der Waals surface area contributed by atoms with Crippen molar-refractivity contribution in [2.24, 2.45) is 62.9 Å². The van der Waals surface area contributed by atoms with Gasteiger partial charge in [-0.3, -0.25) is 76.9 Å². The van der Waals surface area contributed by atoms with Crippen LogP contribution in [0.25, 0.3) is 0 Å². The number of unbranched alkanes of at least 4 members (excludes halogenated alkanes) is 1. The number of hydrogen-bond acceptors (Lipinski definition) is 18. The van der Waals surface area contributed by atoms with E-state index in [1.807, 2.05) is 0 Å². The van der Waals surface area contributed by atoms with E-state index in [0.29, 0.717) is 12.8 Å². The van der Waals surface area contributed by atoms with Gasteiger partial charge in [0.25, 0.3) is 0 Å². The number of hydrogen-bond donors (Lipinski definition) is 19. The lowest BCUT2D eigenvalue weighted by Gasteiger charge is -2.28. The van der Waals surface area contributed by atoms with Crippen LogP contribution in [-0.2, 0) is 76.7 Å². The summed E-state index contributed by atoms with van der Waals surface area (Å²) in [5, 5.41) is 35.7. The smallest absolute Gasteiger partial charge is 0.326 e. The third-order valence-corrected chi connectivity index (χ3v) is 13.0. The number of amides is 15. The monoisotopic (exact) mass is 1250 g/mol. The van der Waals surface area contributed by atoms with Gasteiger partial charge < -0.3 is 104 Å². The summed E-state index contributed by atoms with van der Waals surface area (Å²) in [6.45, 7) is 12.1. The molecule has 0 fully saturated rings. The van der Waals surface area contributed by atoms with E-state index in [-0.39, 0.29) is 50.7 Å². The fourth-order valence-electron chi connectivity index (χ4n) is 8.09. The first-order valence-electron chi connectivity index (χ1n) is 28.3. The van der Waals surface area contributed by atoms with Gasteiger partial charge in [-0.1, -0.05) is 41.5 Å². The van der Waals surface area contributed by atoms with Gasteiger partial charge in [0, 0.05) is 19.4 Å². The van der Waals surface area contributed by atoms with Gasteiger partial charge >= 0.3 is 5.97 Å². The standard InChI is InChI=1S/C52H91N19O17/c1-23(2)38(61-22-72)48(84)71-39(24(3)4)49(85)63-26(7)41(77)64-30(14-16-34(54)73)45(81)67-31(15-17-35(55)74)46(82)68-32(20-36(56)75)47(83)66-28(12-9-10-18-53)44(80)65-29(13-11-19-60-52(58)59)43(79)62-27(8)42(78)70-40(25(5)6)50(86)69-33(51(87)88)21-37(57)76/h22-33,38-40H,9-21,53H2,1-8H3,(H2,54,73)(H2,55,74)(H2,56,75)(H2,57,76)(H,61,72)(H,62,79)(H,63,85)(H,64,77)(H,65,80)(H,66,83)(H,67,81)(H,68,82)(H,69,86)(H,70,78)(H,71,84)(H,87,88)(H4,58,59,60). The molecule has 0 radical (unpaired) electrons. The fraction of sp³-hybridized carbons (Fsp3) is 0.673. The number of carboxylic acids is 1. The summed E-state index contributed by atoms with van der Waals surface area (Å²) in [5.74, 6) is -17.7. The Kier molecular flexibility index (Phi) is 36.0. The minimum absolute atomic E-state index is 0.0341. The van der Waals surface area contributed by atoms with Gasteiger partial charge in [0.15, 0.2) is 5.96 Å². The molecule has 36 nitrogen and oxygen atoms in total. The van der Waals surface area contributed by atoms with Crippen molar-refractivity contribution in [2.45, 2.75) is 192 Å². The second kappa shape index (κ2) is 40.2. The largest absolute Gasteiger partial charge is 0.480 e. The predicted octanol–water partition coefficient (Wildman–Crippen LogP) is -8.49. The zero-order valence-electron chi connectivity index (χ0n) is 50.8. The summed E-state index contributed by atoms with van der Waals surface area (Å²) in [6.07, 6.45) is -3.43. The SMILES string of the molecule is CC(NC(=O)C(CCCN=C(N)N)NC(=O)C(CCCCN)NC(=O)C(CC(N)=O)NC(=O)C(CCC(N)=O)NC(=O)C(CCC(N)=O)NC(=O)C(C)NC(=O)C(NC(=O)C(NC=O)C(C)C)C(C)C)C(=O)NC(C(=O)NC(CC(N)=O)C(=O)O)C(C)C. The lowest BCUT2D eigenvalue weighted by Crippen LogP contribution is -2.61. The Morgan fingerprint density at radius 2 is 0.716 bits per heavy atom. The average molecular weight is 1250 g/mol. The molecule has 0 aliphatic carbocycles. The van der Waals surface area contributed by atoms with Crippen molar-refractivity contribution in [2.75, 3.05) is 13.1 Å². The first kappa shape index (κ1) is 78.8. The van der Waals surface area contributed by atoms with E-state index in [4.69, 9.17) is 40.1 Å². The highest BCUT2D eigenvalue weighted by Gasteiger charge is 2.37. The Labute approximate surface area is 508 Å². The number of nitrogens with one attached hydrogen (secondary N) is 11. The van der Waals surface area contributed by atoms with Gasteiger partial charge in [0.1, 0.15) is 66.5 Å². The lowest BCUT2D eigenvalue weighted by atomic mass is 9.99. The number of carbonyl (C=O) groups is 16. The minimum Gasteiger partial charge on any atom is -0.480 e. The summed E-state index contributed by atoms with van der Waals surface area (Å²) in [7, 11) is 0. The first-order valence-corrected chi connectivity index (χ1v) is 28.3. The van der Waals surface area contributed by atoms with Crippen LogP contribution in [0.2, 0.25) is 0 Å². The third-order valence-electron chi connectivity index (χ3n) is 13.0. The lowest BCUT2D eigenvalue weighted by molar-refractivity contribution is -0.144. The summed E-state index contributed by atoms with van der Waals surface area (Å²) < 4.78 is 0. The number of carboxylic acid groups (broad SMARTS) is 1. The van der Waals surface area contributed by atoms with E-state index < -0.39 is 205 Å². The third kappa shape index (κ3) is 30.7. The van der Waals surface area contributed by atoms with Crippen LogP contribution in [0, 0.1) is 17.8 Å². The molecule has 0 spiro atoms. The van der Waals surface area contributed by atoms with Crippen LogP contribution in [0.15, 0.2) is 4.99 Å². The van der Waals surface area contributed by atoms with Gasteiger partial charge in [-0.15, -0.1) is 0 Å². The van der Waals surface area contributed by atoms with Gasteiger partial charge in [0.05, 0.1) is 12.8 Å². The Morgan fingerprint density at radius 3 is 1.11 bits per heavy atom. The number of carbonyl (C=O) groups excluding carboxylic acids is 15. The number of primary amides is 4. The van der Waals surface area contributed by atoms with E-state index in [2.05, 4.69) is 63.5 Å². The predicted molar refractivity (Wildman–Crippen MR) is 313 cm³/mol. The molecule has 88 heavy (non-hydrogen) atoms. The van der Waals surface area contributed by atoms with Crippen molar-refractivity contribution >= 4 is 101 Å². The molecule has 0 saturated carbocycles. The molecule has 15 amide bonds. The maximum Gasteiger partial charge on any atom is 0.326 e. The fourth-order valence-corrected chi connectivity index (χ4v) is 8.09. The molecule has 0 aliphatic heterocycles. The van der Waals surface area contributed by atoms with Gasteiger partial charge in [-0.25, -0.2) is 4.79 Å². The molecule has 496 valence electrons. The number of nitrogens with two attached hydrogens (primary N) is 7. The molecule has 36 heteroatoms. The molecular formula is C52H91N19O17. The molecule has 0 saturated heterocycles. The summed E-state index contributed by atoms with van der Waals surface area (Å²) in [5.41, 5.74) is 38.0. The topological polar surface area (TPSA) is 620 Å². The molecule has 0 bridgehead atoms. The number of rotatable bonds is 44. The van der Waals surface area contributed by atoms with Crippen molar-refractivity contribution in [3.8, 4) is 0 Å². The van der Waals surface area contributed by atoms with Crippen molar-refractivity contribution in [1.82, 2.24) is 58.5 Å². The molecular weight excluding hydrogens is 1160 g/mol. The normalized spacial score (nSPS) is 14.7. The van der Waals surface area contributed by atoms with E-state index in [1.165, 1.54) is 27.7 Å². The van der Waals surface area contributed by atoms with Gasteiger partial charge in [0.2, 0.25) is 89.1 Å². The quantitative estimate of drug-likeness (QED) is 0.0117. The highest BCUT2D eigenvalue weighted by atomic mass is 16.4. The van der Waals surface area contributed by atoms with Gasteiger partial charge in [-0.2, -0.15) is 0 Å². The molecule has 11 atom stereocenters. The number of guanidine groups is 1. The average Bonchev–Trinajstić information content (AvgIpc) is 3.62. The molecule has 0 aliphatic rings. The first-order chi connectivity index (χ1) is 41.0. The van der Waals surface area contributed by atoms with Crippen LogP contribution in [-0.4, -0.2) is 186 Å². The maximum absolute atomic E-state index is 14.2. The number of aliphatic carboxylic acids is 1. The number of nitrogens with zero attached hydrogens (tertiary/aromatic N) is 1. The van der Waals surface area contributed by atoms with Crippen LogP contribution in [0.4, 0.5) is 0 Å². The van der Waals surface area contributed by atoms with Crippen molar-refractivity contribution < 1.29 is 81.8 Å². The maximum atomic E-state index is 14.2. The van der Waals surface area contributed by atoms with E-state index in [0.717, 1.165) is 0 Å². The molecule has 11 unspecified atom stereocenters. The van der Waals surface area contributed by atoms with Crippen LogP contribution in [0.3, 0.4) is 0 Å². The van der Waals surface area contributed by atoms with Crippen molar-refractivity contribution in [3.63, 3.8) is 0 Å². The Morgan fingerprint density at radius 1 is 0.386 bits per heavy atom. The van der Waals surface area contributed by atoms with Crippen LogP contribution >= 0.6 is 0 Å². The second-order valence-corrected chi connectivity index (χ2v) is 21.7. The summed E-state index contributed by atoms with van der Waals surface area (Å²) >= 11 is 0. The Bertz CT molecular complexity index is 2510. The minimum atomic E-state index is -1.93.